The van der Waals surface area contributed by atoms with Gasteiger partial charge in [0.25, 0.3) is 0 Å². The van der Waals surface area contributed by atoms with Crippen molar-refractivity contribution in [3.05, 3.63) is 58.3 Å². The molecule has 0 aliphatic heterocycles. The molecule has 0 radical (unpaired) electrons. The molecule has 1 aromatic carbocycles. The summed E-state index contributed by atoms with van der Waals surface area (Å²) in [5.41, 5.74) is -0.576. The van der Waals surface area contributed by atoms with Crippen LogP contribution in [0.1, 0.15) is 45.8 Å². The van der Waals surface area contributed by atoms with Crippen LogP contribution in [0.25, 0.3) is 11.8 Å². The first kappa shape index (κ1) is 24.9. The average molecular weight is 458 g/mol. The van der Waals surface area contributed by atoms with Crippen molar-refractivity contribution in [3.63, 3.8) is 0 Å². The van der Waals surface area contributed by atoms with E-state index in [0.717, 1.165) is 29.0 Å². The van der Waals surface area contributed by atoms with E-state index < -0.39 is 29.8 Å². The molecule has 0 unspecified atom stereocenters. The van der Waals surface area contributed by atoms with Gasteiger partial charge in [-0.2, -0.15) is 9.78 Å². The number of carbonyl (C=O) groups excluding carboxylic acids is 2. The summed E-state index contributed by atoms with van der Waals surface area (Å²) in [5, 5.41) is 33.4. The summed E-state index contributed by atoms with van der Waals surface area (Å²) in [4.78, 5) is 46.9. The zero-order valence-electron chi connectivity index (χ0n) is 18.1. The minimum absolute atomic E-state index is 0.0489. The highest BCUT2D eigenvalue weighted by molar-refractivity contribution is 6.14. The highest BCUT2D eigenvalue weighted by Crippen LogP contribution is 2.28. The Hall–Kier alpha value is -4.41. The molecule has 0 saturated heterocycles. The van der Waals surface area contributed by atoms with Crippen LogP contribution in [0.5, 0.6) is 5.88 Å². The number of esters is 2. The zero-order chi connectivity index (χ0) is 24.7. The molecular weight excluding hydrogens is 436 g/mol. The van der Waals surface area contributed by atoms with E-state index in [0.29, 0.717) is 0 Å². The minimum atomic E-state index is -1.34. The summed E-state index contributed by atoms with van der Waals surface area (Å²) >= 11 is 0. The molecule has 0 bridgehead atoms. The van der Waals surface area contributed by atoms with Crippen LogP contribution in [0, 0.1) is 6.92 Å². The Kier molecular flexibility index (Phi) is 8.10. The second-order valence-corrected chi connectivity index (χ2v) is 6.46. The molecule has 33 heavy (non-hydrogen) atoms. The van der Waals surface area contributed by atoms with Gasteiger partial charge in [-0.25, -0.2) is 19.2 Å². The van der Waals surface area contributed by atoms with Crippen molar-refractivity contribution in [2.75, 3.05) is 13.2 Å². The predicted molar refractivity (Wildman–Crippen MR) is 114 cm³/mol. The van der Waals surface area contributed by atoms with Crippen molar-refractivity contribution in [2.45, 2.75) is 20.8 Å². The summed E-state index contributed by atoms with van der Waals surface area (Å²) in [6.45, 7) is 4.79. The maximum atomic E-state index is 12.0. The Morgan fingerprint density at radius 3 is 2.15 bits per heavy atom. The van der Waals surface area contributed by atoms with E-state index in [1.165, 1.54) is 19.1 Å². The van der Waals surface area contributed by atoms with Crippen LogP contribution in [-0.2, 0) is 19.1 Å². The summed E-state index contributed by atoms with van der Waals surface area (Å²) < 4.78 is 10.6. The van der Waals surface area contributed by atoms with Crippen molar-refractivity contribution in [1.29, 1.82) is 0 Å². The highest BCUT2D eigenvalue weighted by Gasteiger charge is 2.22. The van der Waals surface area contributed by atoms with Gasteiger partial charge in [-0.3, -0.25) is 0 Å². The van der Waals surface area contributed by atoms with Gasteiger partial charge in [0.2, 0.25) is 5.88 Å². The molecule has 0 saturated carbocycles. The molecule has 3 N–H and O–H groups in total. The average Bonchev–Trinajstić information content (AvgIpc) is 3.04. The number of aromatic carboxylic acids is 2. The maximum absolute atomic E-state index is 12.0. The van der Waals surface area contributed by atoms with Gasteiger partial charge >= 0.3 is 23.9 Å². The fraction of sp³-hybridized carbons (Fsp3) is 0.227. The number of nitrogens with zero attached hydrogens (tertiary/aromatic N) is 2. The van der Waals surface area contributed by atoms with Gasteiger partial charge in [0, 0.05) is 0 Å². The lowest BCUT2D eigenvalue weighted by Crippen LogP contribution is -2.18. The topological polar surface area (TPSA) is 165 Å². The molecular formula is C22H22N2O9. The first-order chi connectivity index (χ1) is 15.6. The van der Waals surface area contributed by atoms with Gasteiger partial charge < -0.3 is 24.8 Å². The third kappa shape index (κ3) is 5.64. The van der Waals surface area contributed by atoms with Crippen molar-refractivity contribution in [1.82, 2.24) is 9.78 Å². The number of aromatic nitrogens is 2. The van der Waals surface area contributed by atoms with Gasteiger partial charge in [0.05, 0.1) is 41.3 Å². The first-order valence-corrected chi connectivity index (χ1v) is 9.74. The van der Waals surface area contributed by atoms with Gasteiger partial charge in [-0.1, -0.05) is 6.08 Å². The Morgan fingerprint density at radius 1 is 1.03 bits per heavy atom. The molecule has 0 spiro atoms. The number of benzene rings is 1. The van der Waals surface area contributed by atoms with Crippen LogP contribution in [0.3, 0.4) is 0 Å². The Balaban J connectivity index is 2.53. The lowest BCUT2D eigenvalue weighted by Gasteiger charge is -2.08. The predicted octanol–water partition coefficient (Wildman–Crippen LogP) is 2.35. The number of ether oxygens (including phenoxy) is 2. The van der Waals surface area contributed by atoms with Crippen LogP contribution in [0.15, 0.2) is 35.9 Å². The lowest BCUT2D eigenvalue weighted by atomic mass is 10.1. The normalized spacial score (nSPS) is 10.6. The molecule has 1 aromatic heterocycles. The van der Waals surface area contributed by atoms with Crippen molar-refractivity contribution in [2.24, 2.45) is 0 Å². The number of allylic oxidation sites excluding steroid dienone is 2. The van der Waals surface area contributed by atoms with Gasteiger partial charge in [0.15, 0.2) is 0 Å². The van der Waals surface area contributed by atoms with E-state index in [4.69, 9.17) is 9.47 Å². The van der Waals surface area contributed by atoms with Crippen LogP contribution in [0.4, 0.5) is 0 Å². The van der Waals surface area contributed by atoms with Crippen molar-refractivity contribution in [3.8, 4) is 11.6 Å². The molecule has 11 heteroatoms. The van der Waals surface area contributed by atoms with E-state index in [-0.39, 0.29) is 46.9 Å². The summed E-state index contributed by atoms with van der Waals surface area (Å²) in [5.74, 6) is -4.87. The summed E-state index contributed by atoms with van der Waals surface area (Å²) in [7, 11) is 0. The monoisotopic (exact) mass is 458 g/mol. The van der Waals surface area contributed by atoms with Gasteiger partial charge in [0.1, 0.15) is 5.57 Å². The van der Waals surface area contributed by atoms with E-state index in [9.17, 15) is 34.5 Å². The second kappa shape index (κ2) is 10.8. The highest BCUT2D eigenvalue weighted by atomic mass is 16.6. The van der Waals surface area contributed by atoms with Crippen molar-refractivity contribution >= 4 is 30.0 Å². The molecule has 0 aliphatic carbocycles. The molecule has 2 rings (SSSR count). The number of carboxylic acids is 2. The van der Waals surface area contributed by atoms with Crippen LogP contribution in [-0.4, -0.2) is 62.2 Å². The smallest absolute Gasteiger partial charge is 0.345 e. The SMILES string of the molecule is CCOC(=O)C(=CC=Cc1c(C)nn(-c2cc(C(=O)O)ccc2C(=O)O)c1O)C(=O)OCC. The van der Waals surface area contributed by atoms with Crippen molar-refractivity contribution < 1.29 is 44.0 Å². The molecule has 1 heterocycles. The summed E-state index contributed by atoms with van der Waals surface area (Å²) in [6, 6.07) is 3.30. The number of carboxylic acid groups (broad SMARTS) is 2. The Labute approximate surface area is 188 Å². The number of aryl methyl sites for hydroxylation is 1. The number of hydrogen-bond donors (Lipinski definition) is 3. The maximum Gasteiger partial charge on any atom is 0.345 e. The molecule has 174 valence electrons. The number of aromatic hydroxyl groups is 1. The molecule has 11 nitrogen and oxygen atoms in total. The third-order valence-electron chi connectivity index (χ3n) is 4.30. The molecule has 0 atom stereocenters. The fourth-order valence-electron chi connectivity index (χ4n) is 2.79. The lowest BCUT2D eigenvalue weighted by molar-refractivity contribution is -0.146. The Bertz CT molecular complexity index is 1140. The van der Waals surface area contributed by atoms with Gasteiger partial charge in [-0.05, 0) is 51.1 Å². The molecule has 0 fully saturated rings. The van der Waals surface area contributed by atoms with Crippen LogP contribution in [0.2, 0.25) is 0 Å². The van der Waals surface area contributed by atoms with Crippen LogP contribution >= 0.6 is 0 Å². The second-order valence-electron chi connectivity index (χ2n) is 6.46. The zero-order valence-corrected chi connectivity index (χ0v) is 18.1. The quantitative estimate of drug-likeness (QED) is 0.167. The number of rotatable bonds is 9. The van der Waals surface area contributed by atoms with E-state index >= 15 is 0 Å². The minimum Gasteiger partial charge on any atom is -0.493 e. The van der Waals surface area contributed by atoms with E-state index in [1.54, 1.807) is 13.8 Å². The molecule has 0 amide bonds. The van der Waals surface area contributed by atoms with E-state index in [1.807, 2.05) is 0 Å². The largest absolute Gasteiger partial charge is 0.493 e. The molecule has 2 aromatic rings. The standard InChI is InChI=1S/C22H22N2O9/c1-4-32-21(30)16(22(31)33-5-2)8-6-7-14-12(3)23-24(18(14)25)17-11-13(19(26)27)9-10-15(17)20(28)29/h6-11,25H,4-5H2,1-3H3,(H,26,27)(H,28,29). The molecule has 0 aliphatic rings. The third-order valence-corrected chi connectivity index (χ3v) is 4.30. The number of carbonyl (C=O) groups is 4. The van der Waals surface area contributed by atoms with Gasteiger partial charge in [-0.15, -0.1) is 0 Å². The Morgan fingerprint density at radius 2 is 1.64 bits per heavy atom. The van der Waals surface area contributed by atoms with E-state index in [2.05, 4.69) is 5.10 Å². The first-order valence-electron chi connectivity index (χ1n) is 9.74. The number of hydrogen-bond acceptors (Lipinski definition) is 8. The fourth-order valence-corrected chi connectivity index (χ4v) is 2.79. The van der Waals surface area contributed by atoms with Crippen LogP contribution < -0.4 is 0 Å². The summed E-state index contributed by atoms with van der Waals surface area (Å²) in [6.07, 6.45) is 3.79.